The molecule has 0 bridgehead atoms. The first-order valence-corrected chi connectivity index (χ1v) is 14.3. The predicted octanol–water partition coefficient (Wildman–Crippen LogP) is 5.42. The number of rotatable bonds is 13. The third-order valence-electron chi connectivity index (χ3n) is 4.05. The van der Waals surface area contributed by atoms with Gasteiger partial charge in [-0.05, 0) is 47.5 Å². The van der Waals surface area contributed by atoms with E-state index >= 15 is 0 Å². The van der Waals surface area contributed by atoms with Crippen molar-refractivity contribution in [2.24, 2.45) is 0 Å². The molecule has 0 spiro atoms. The molecule has 1 aromatic rings. The Kier molecular flexibility index (Phi) is 44.3. The van der Waals surface area contributed by atoms with E-state index in [9.17, 15) is 0 Å². The number of aliphatic hydroxyl groups is 2. The summed E-state index contributed by atoms with van der Waals surface area (Å²) in [6, 6.07) is 0. The van der Waals surface area contributed by atoms with E-state index in [1.54, 1.807) is 40.8 Å². The average Bonchev–Trinajstić information content (AvgIpc) is 3.30. The van der Waals surface area contributed by atoms with Gasteiger partial charge >= 0.3 is 29.6 Å². The number of aryl methyl sites for hydroxylation is 1. The zero-order valence-electron chi connectivity index (χ0n) is 25.1. The molecule has 37 heavy (non-hydrogen) atoms. The Morgan fingerprint density at radius 3 is 1.51 bits per heavy atom. The quantitative estimate of drug-likeness (QED) is 0.0598. The number of nitrogens with zero attached hydrogens (tertiary/aromatic N) is 6. The van der Waals surface area contributed by atoms with Gasteiger partial charge in [0.2, 0.25) is 0 Å². The number of terminal acetylenes is 1. The fourth-order valence-corrected chi connectivity index (χ4v) is 2.68. The van der Waals surface area contributed by atoms with Gasteiger partial charge in [-0.1, -0.05) is 105 Å². The monoisotopic (exact) mass is 596 g/mol. The standard InChI is InChI=1S/C10H19N3.C8H17Br.C5H8O.C4H10O.N3.Na/c1-2-3-4-5-6-7-9-13-10-8-11-12-13;1-2-3-4-5-6-7-8-9;1-4-5(2,3)6;1-4(2,3)5;1-3-2;/h8,10H,2-7,9H2,1H3;2-8H2,1H3;1,6H,2-3H3;5H,1-3H3;;/q;;;;-1;+1. The van der Waals surface area contributed by atoms with Crippen molar-refractivity contribution >= 4 is 15.9 Å². The molecule has 10 heteroatoms. The second-order valence-corrected chi connectivity index (χ2v) is 10.6. The van der Waals surface area contributed by atoms with Gasteiger partial charge in [0, 0.05) is 18.1 Å². The number of halogens is 1. The molecular formula is C27H54BrN6NaO2. The van der Waals surface area contributed by atoms with Crippen molar-refractivity contribution in [3.8, 4) is 12.3 Å². The van der Waals surface area contributed by atoms with Gasteiger partial charge < -0.3 is 21.3 Å². The van der Waals surface area contributed by atoms with Crippen LogP contribution >= 0.6 is 15.9 Å². The molecule has 212 valence electrons. The predicted molar refractivity (Wildman–Crippen MR) is 158 cm³/mol. The smallest absolute Gasteiger partial charge is 0.391 e. The largest absolute Gasteiger partial charge is 1.00 e. The molecule has 0 aliphatic heterocycles. The Hall–Kier alpha value is -0.590. The molecule has 0 aliphatic carbocycles. The van der Waals surface area contributed by atoms with Crippen LogP contribution in [0.4, 0.5) is 0 Å². The average molecular weight is 598 g/mol. The molecule has 0 atom stereocenters. The number of aromatic nitrogens is 3. The van der Waals surface area contributed by atoms with Crippen LogP contribution in [0.5, 0.6) is 0 Å². The van der Waals surface area contributed by atoms with Crippen LogP contribution in [0, 0.1) is 12.3 Å². The Labute approximate surface area is 258 Å². The number of hydrogen-bond donors (Lipinski definition) is 2. The molecule has 8 nitrogen and oxygen atoms in total. The van der Waals surface area contributed by atoms with Crippen molar-refractivity contribution in [1.29, 1.82) is 0 Å². The Balaban J connectivity index is -0.000000125. The van der Waals surface area contributed by atoms with Crippen molar-refractivity contribution < 1.29 is 39.8 Å². The zero-order valence-corrected chi connectivity index (χ0v) is 28.7. The summed E-state index contributed by atoms with van der Waals surface area (Å²) in [5, 5.41) is 26.0. The molecule has 2 N–H and O–H groups in total. The van der Waals surface area contributed by atoms with Gasteiger partial charge in [0.15, 0.2) is 0 Å². The minimum atomic E-state index is -0.931. The van der Waals surface area contributed by atoms with Crippen LogP contribution in [0.1, 0.15) is 126 Å². The first-order chi connectivity index (χ1) is 16.8. The molecule has 1 heterocycles. The third-order valence-corrected chi connectivity index (χ3v) is 4.61. The molecule has 1 rings (SSSR count). The van der Waals surface area contributed by atoms with Crippen molar-refractivity contribution in [3.05, 3.63) is 28.4 Å². The molecular weight excluding hydrogens is 543 g/mol. The fraction of sp³-hybridized carbons (Fsp3) is 0.852. The maximum Gasteiger partial charge on any atom is 1.00 e. The topological polar surface area (TPSA) is 130 Å². The van der Waals surface area contributed by atoms with Crippen LogP contribution in [0.2, 0.25) is 0 Å². The summed E-state index contributed by atoms with van der Waals surface area (Å²) < 4.78 is 1.90. The Morgan fingerprint density at radius 1 is 0.865 bits per heavy atom. The molecule has 0 unspecified atom stereocenters. The van der Waals surface area contributed by atoms with Crippen LogP contribution in [0.15, 0.2) is 12.4 Å². The Bertz CT molecular complexity index is 594. The first-order valence-electron chi connectivity index (χ1n) is 13.1. The van der Waals surface area contributed by atoms with Gasteiger partial charge in [0.1, 0.15) is 5.60 Å². The van der Waals surface area contributed by atoms with Crippen LogP contribution in [-0.4, -0.2) is 41.7 Å². The first kappa shape index (κ1) is 46.3. The van der Waals surface area contributed by atoms with Gasteiger partial charge in [-0.2, -0.15) is 0 Å². The molecule has 0 fully saturated rings. The zero-order chi connectivity index (χ0) is 28.7. The van der Waals surface area contributed by atoms with Crippen LogP contribution in [0.25, 0.3) is 16.0 Å². The minimum absolute atomic E-state index is 0. The van der Waals surface area contributed by atoms with Gasteiger partial charge in [0.25, 0.3) is 0 Å². The fourth-order valence-electron chi connectivity index (χ4n) is 2.28. The van der Waals surface area contributed by atoms with E-state index in [0.717, 1.165) is 6.54 Å². The van der Waals surface area contributed by atoms with Crippen molar-refractivity contribution in [3.63, 3.8) is 0 Å². The Morgan fingerprint density at radius 2 is 1.22 bits per heavy atom. The maximum absolute atomic E-state index is 8.59. The summed E-state index contributed by atoms with van der Waals surface area (Å²) in [5.41, 5.74) is 12.1. The van der Waals surface area contributed by atoms with Crippen molar-refractivity contribution in [2.75, 3.05) is 5.33 Å². The molecule has 0 amide bonds. The summed E-state index contributed by atoms with van der Waals surface area (Å²) in [5.74, 6) is 2.16. The molecule has 1 aromatic heterocycles. The van der Waals surface area contributed by atoms with Crippen LogP contribution in [-0.2, 0) is 6.54 Å². The van der Waals surface area contributed by atoms with Gasteiger partial charge in [-0.25, -0.2) is 0 Å². The minimum Gasteiger partial charge on any atom is -0.391 e. The molecule has 0 saturated heterocycles. The van der Waals surface area contributed by atoms with E-state index in [1.807, 2.05) is 10.9 Å². The molecule has 0 saturated carbocycles. The summed E-state index contributed by atoms with van der Waals surface area (Å²) >= 11 is 3.42. The van der Waals surface area contributed by atoms with E-state index < -0.39 is 11.2 Å². The summed E-state index contributed by atoms with van der Waals surface area (Å²) in [6.07, 6.45) is 24.9. The molecule has 0 aromatic carbocycles. The number of alkyl halides is 1. The van der Waals surface area contributed by atoms with Gasteiger partial charge in [0.05, 0.1) is 11.8 Å². The summed E-state index contributed by atoms with van der Waals surface area (Å²) in [6.45, 7) is 13.9. The van der Waals surface area contributed by atoms with Gasteiger partial charge in [-0.3, -0.25) is 9.59 Å². The second kappa shape index (κ2) is 35.4. The van der Waals surface area contributed by atoms with E-state index in [-0.39, 0.29) is 29.6 Å². The summed E-state index contributed by atoms with van der Waals surface area (Å²) in [7, 11) is 0. The number of unbranched alkanes of at least 4 members (excludes halogenated alkanes) is 10. The number of hydrogen-bond acceptors (Lipinski definition) is 4. The van der Waals surface area contributed by atoms with Crippen molar-refractivity contribution in [2.45, 2.75) is 143 Å². The molecule has 0 aliphatic rings. The van der Waals surface area contributed by atoms with Crippen LogP contribution in [0.3, 0.4) is 0 Å². The second-order valence-electron chi connectivity index (χ2n) is 9.85. The van der Waals surface area contributed by atoms with E-state index in [4.69, 9.17) is 27.7 Å². The maximum atomic E-state index is 8.59. The third kappa shape index (κ3) is 72.1. The molecule has 0 radical (unpaired) electrons. The van der Waals surface area contributed by atoms with Crippen LogP contribution < -0.4 is 29.6 Å². The van der Waals surface area contributed by atoms with E-state index in [2.05, 4.69) is 46.0 Å². The van der Waals surface area contributed by atoms with E-state index in [0.29, 0.717) is 0 Å². The normalized spacial score (nSPS) is 9.65. The van der Waals surface area contributed by atoms with Gasteiger partial charge in [-0.15, -0.1) is 11.5 Å². The SMILES string of the molecule is C#CC(C)(C)O.CC(C)(C)O.CCCCCCCCBr.CCCCCCCCn1ccnn1.[N-]=[N+]=[N-].[Na+]. The van der Waals surface area contributed by atoms with Crippen molar-refractivity contribution in [1.82, 2.24) is 15.0 Å². The van der Waals surface area contributed by atoms with E-state index in [1.165, 1.54) is 87.3 Å². The summed E-state index contributed by atoms with van der Waals surface area (Å²) in [4.78, 5) is 1.50.